The normalized spacial score (nSPS) is 11.4. The average Bonchev–Trinajstić information content (AvgIpc) is 3.01. The van der Waals surface area contributed by atoms with Crippen molar-refractivity contribution in [2.75, 3.05) is 25.1 Å². The molecule has 0 aliphatic heterocycles. The van der Waals surface area contributed by atoms with Crippen LogP contribution < -0.4 is 23.9 Å². The Morgan fingerprint density at radius 2 is 1.62 bits per heavy atom. The number of nitrogens with zero attached hydrogens (tertiary/aromatic N) is 2. The van der Waals surface area contributed by atoms with Crippen molar-refractivity contribution in [1.29, 1.82) is 0 Å². The smallest absolute Gasteiger partial charge is 0.264 e. The number of benzene rings is 4. The van der Waals surface area contributed by atoms with Gasteiger partial charge in [0, 0.05) is 0 Å². The number of aryl methyl sites for hydroxylation is 1. The summed E-state index contributed by atoms with van der Waals surface area (Å²) in [4.78, 5) is 13.0. The lowest BCUT2D eigenvalue weighted by Crippen LogP contribution is -2.39. The molecule has 4 aromatic rings. The third-order valence-corrected chi connectivity index (χ3v) is 10.1. The second-order valence-corrected chi connectivity index (χ2v) is 13.9. The van der Waals surface area contributed by atoms with Crippen molar-refractivity contribution in [3.05, 3.63) is 108 Å². The van der Waals surface area contributed by atoms with Gasteiger partial charge in [0.25, 0.3) is 15.9 Å². The Morgan fingerprint density at radius 3 is 2.27 bits per heavy atom. The summed E-state index contributed by atoms with van der Waals surface area (Å²) in [5.41, 5.74) is 5.05. The number of methoxy groups -OCH3 is 2. The van der Waals surface area contributed by atoms with E-state index in [-0.39, 0.29) is 11.5 Å². The van der Waals surface area contributed by atoms with Crippen LogP contribution >= 0.6 is 55.1 Å². The predicted molar refractivity (Wildman–Crippen MR) is 184 cm³/mol. The van der Waals surface area contributed by atoms with E-state index in [1.807, 2.05) is 6.92 Å². The van der Waals surface area contributed by atoms with Crippen molar-refractivity contribution < 1.29 is 27.4 Å². The molecule has 0 fully saturated rings. The summed E-state index contributed by atoms with van der Waals surface area (Å²) in [6.07, 6.45) is 1.40. The summed E-state index contributed by atoms with van der Waals surface area (Å²) in [6.45, 7) is 1.57. The maximum absolute atomic E-state index is 13.7. The van der Waals surface area contributed by atoms with Crippen LogP contribution in [0.1, 0.15) is 16.7 Å². The zero-order valence-electron chi connectivity index (χ0n) is 24.2. The van der Waals surface area contributed by atoms with Crippen molar-refractivity contribution in [3.8, 4) is 17.2 Å². The van der Waals surface area contributed by atoms with E-state index < -0.39 is 22.5 Å². The van der Waals surface area contributed by atoms with Gasteiger partial charge in [0.15, 0.2) is 11.5 Å². The number of carbonyl (C=O) groups is 1. The maximum atomic E-state index is 13.7. The molecule has 14 heteroatoms. The minimum atomic E-state index is -4.15. The van der Waals surface area contributed by atoms with E-state index in [0.717, 1.165) is 15.4 Å². The molecule has 236 valence electrons. The van der Waals surface area contributed by atoms with Crippen molar-refractivity contribution in [1.82, 2.24) is 5.43 Å². The Morgan fingerprint density at radius 1 is 0.911 bits per heavy atom. The Bertz CT molecular complexity index is 1840. The molecule has 0 aromatic heterocycles. The number of halogens is 4. The minimum Gasteiger partial charge on any atom is -0.496 e. The molecule has 4 rings (SSSR count). The Hall–Kier alpha value is -3.29. The molecule has 0 aliphatic carbocycles. The van der Waals surface area contributed by atoms with Gasteiger partial charge >= 0.3 is 0 Å². The van der Waals surface area contributed by atoms with Crippen molar-refractivity contribution >= 4 is 82.9 Å². The van der Waals surface area contributed by atoms with Crippen LogP contribution in [0.2, 0.25) is 10.0 Å². The van der Waals surface area contributed by atoms with Gasteiger partial charge in [0.2, 0.25) is 0 Å². The molecule has 0 radical (unpaired) electrons. The van der Waals surface area contributed by atoms with Crippen LogP contribution in [0.15, 0.2) is 91.7 Å². The van der Waals surface area contributed by atoms with Gasteiger partial charge in [-0.1, -0.05) is 47.0 Å². The SMILES string of the molecule is COc1ccc(S(=O)(=O)N(CC(=O)N/N=C\c2cc(Br)c(OCc3ccc(Cl)c(Cl)c3)c(OC)c2)c2ccc(C)cc2)cc1Br. The summed E-state index contributed by atoms with van der Waals surface area (Å²) < 4.78 is 46.2. The highest BCUT2D eigenvalue weighted by Crippen LogP contribution is 2.37. The number of hydrazone groups is 1. The molecule has 0 atom stereocenters. The number of sulfonamides is 1. The second kappa shape index (κ2) is 15.3. The van der Waals surface area contributed by atoms with E-state index in [0.29, 0.717) is 47.5 Å². The van der Waals surface area contributed by atoms with E-state index in [1.54, 1.807) is 54.6 Å². The molecule has 0 spiro atoms. The van der Waals surface area contributed by atoms with Gasteiger partial charge in [-0.2, -0.15) is 5.10 Å². The largest absolute Gasteiger partial charge is 0.496 e. The molecular formula is C31H27Br2Cl2N3O6S. The topological polar surface area (TPSA) is 107 Å². The van der Waals surface area contributed by atoms with Crippen LogP contribution in [-0.4, -0.2) is 41.3 Å². The maximum Gasteiger partial charge on any atom is 0.264 e. The average molecular weight is 800 g/mol. The lowest BCUT2D eigenvalue weighted by Gasteiger charge is -2.24. The molecular weight excluding hydrogens is 773 g/mol. The zero-order chi connectivity index (χ0) is 32.7. The van der Waals surface area contributed by atoms with E-state index in [1.165, 1.54) is 38.6 Å². The summed E-state index contributed by atoms with van der Waals surface area (Å²) in [5, 5.41) is 4.91. The van der Waals surface area contributed by atoms with Gasteiger partial charge in [-0.3, -0.25) is 9.10 Å². The highest BCUT2D eigenvalue weighted by atomic mass is 79.9. The molecule has 0 aliphatic rings. The van der Waals surface area contributed by atoms with Gasteiger partial charge in [-0.05, 0) is 105 Å². The summed E-state index contributed by atoms with van der Waals surface area (Å²) in [7, 11) is -1.17. The Kier molecular flexibility index (Phi) is 11.8. The van der Waals surface area contributed by atoms with Crippen LogP contribution in [-0.2, 0) is 21.4 Å². The van der Waals surface area contributed by atoms with Gasteiger partial charge < -0.3 is 14.2 Å². The molecule has 9 nitrogen and oxygen atoms in total. The molecule has 4 aromatic carbocycles. The van der Waals surface area contributed by atoms with Crippen molar-refractivity contribution in [2.45, 2.75) is 18.4 Å². The second-order valence-electron chi connectivity index (χ2n) is 9.51. The number of rotatable bonds is 12. The number of hydrogen-bond donors (Lipinski definition) is 1. The quantitative estimate of drug-likeness (QED) is 0.116. The lowest BCUT2D eigenvalue weighted by molar-refractivity contribution is -0.119. The molecule has 0 unspecified atom stereocenters. The van der Waals surface area contributed by atoms with Gasteiger partial charge in [-0.25, -0.2) is 13.8 Å². The first-order valence-corrected chi connectivity index (χ1v) is 16.9. The third kappa shape index (κ3) is 8.71. The van der Waals surface area contributed by atoms with Crippen LogP contribution in [0.25, 0.3) is 0 Å². The van der Waals surface area contributed by atoms with Crippen molar-refractivity contribution in [2.24, 2.45) is 5.10 Å². The van der Waals surface area contributed by atoms with E-state index in [9.17, 15) is 13.2 Å². The van der Waals surface area contributed by atoms with Crippen LogP contribution in [0, 0.1) is 6.92 Å². The first-order valence-electron chi connectivity index (χ1n) is 13.1. The fraction of sp³-hybridized carbons (Fsp3) is 0.161. The van der Waals surface area contributed by atoms with Crippen LogP contribution in [0.4, 0.5) is 5.69 Å². The molecule has 1 amide bonds. The van der Waals surface area contributed by atoms with Crippen LogP contribution in [0.3, 0.4) is 0 Å². The number of nitrogens with one attached hydrogen (secondary N) is 1. The molecule has 45 heavy (non-hydrogen) atoms. The molecule has 0 heterocycles. The number of carbonyl (C=O) groups excluding carboxylic acids is 1. The van der Waals surface area contributed by atoms with Gasteiger partial charge in [0.1, 0.15) is 18.9 Å². The van der Waals surface area contributed by atoms with Crippen LogP contribution in [0.5, 0.6) is 17.2 Å². The molecule has 0 saturated carbocycles. The van der Waals surface area contributed by atoms with Gasteiger partial charge in [0.05, 0.1) is 50.0 Å². The first kappa shape index (κ1) is 34.6. The zero-order valence-corrected chi connectivity index (χ0v) is 29.7. The van der Waals surface area contributed by atoms with E-state index in [4.69, 9.17) is 37.4 Å². The minimum absolute atomic E-state index is 0.0227. The Balaban J connectivity index is 1.50. The predicted octanol–water partition coefficient (Wildman–Crippen LogP) is 7.77. The number of amides is 1. The highest BCUT2D eigenvalue weighted by Gasteiger charge is 2.28. The first-order chi connectivity index (χ1) is 21.4. The lowest BCUT2D eigenvalue weighted by atomic mass is 10.2. The number of hydrogen-bond acceptors (Lipinski definition) is 7. The molecule has 0 saturated heterocycles. The van der Waals surface area contributed by atoms with E-state index >= 15 is 0 Å². The summed E-state index contributed by atoms with van der Waals surface area (Å²) >= 11 is 18.9. The molecule has 1 N–H and O–H groups in total. The summed E-state index contributed by atoms with van der Waals surface area (Å²) in [5.74, 6) is 0.682. The third-order valence-electron chi connectivity index (χ3n) is 6.34. The highest BCUT2D eigenvalue weighted by molar-refractivity contribution is 9.11. The fourth-order valence-electron chi connectivity index (χ4n) is 4.04. The van der Waals surface area contributed by atoms with E-state index in [2.05, 4.69) is 42.4 Å². The van der Waals surface area contributed by atoms with Crippen molar-refractivity contribution in [3.63, 3.8) is 0 Å². The fourth-order valence-corrected chi connectivity index (χ4v) is 7.08. The monoisotopic (exact) mass is 797 g/mol. The molecule has 0 bridgehead atoms. The van der Waals surface area contributed by atoms with Gasteiger partial charge in [-0.15, -0.1) is 0 Å². The Labute approximate surface area is 288 Å². The number of anilines is 1. The standard InChI is InChI=1S/C31H27Br2Cl2N3O6S/c1-19-4-7-22(8-5-19)38(45(40,41)23-9-11-28(42-2)24(32)15-23)17-30(39)37-36-16-21-12-25(33)31(29(14-21)43-3)44-18-20-6-10-26(34)27(35)13-20/h4-16H,17-18H2,1-3H3,(H,37,39)/b36-16-. The summed E-state index contributed by atoms with van der Waals surface area (Å²) in [6, 6.07) is 19.8. The number of ether oxygens (including phenoxy) is 3.